The Morgan fingerprint density at radius 1 is 1.04 bits per heavy atom. The highest BCUT2D eigenvalue weighted by atomic mass is 35.5. The summed E-state index contributed by atoms with van der Waals surface area (Å²) in [6, 6.07) is 13.2. The zero-order chi connectivity index (χ0) is 16.2. The van der Waals surface area contributed by atoms with Gasteiger partial charge in [0, 0.05) is 30.3 Å². The third-order valence-corrected chi connectivity index (χ3v) is 4.58. The van der Waals surface area contributed by atoms with Crippen LogP contribution in [0.1, 0.15) is 28.8 Å². The molecule has 1 aliphatic rings. The van der Waals surface area contributed by atoms with Crippen molar-refractivity contribution in [1.82, 2.24) is 5.32 Å². The lowest BCUT2D eigenvalue weighted by atomic mass is 10.1. The van der Waals surface area contributed by atoms with E-state index in [0.717, 1.165) is 18.7 Å². The van der Waals surface area contributed by atoms with E-state index in [2.05, 4.69) is 34.5 Å². The molecule has 1 fully saturated rings. The van der Waals surface area contributed by atoms with Crippen LogP contribution in [0.2, 0.25) is 10.0 Å². The summed E-state index contributed by atoms with van der Waals surface area (Å²) in [7, 11) is 0. The van der Waals surface area contributed by atoms with Crippen LogP contribution in [0.4, 0.5) is 5.69 Å². The summed E-state index contributed by atoms with van der Waals surface area (Å²) in [5, 5.41) is 3.76. The van der Waals surface area contributed by atoms with Crippen molar-refractivity contribution in [3.63, 3.8) is 0 Å². The number of benzene rings is 2. The minimum atomic E-state index is -0.199. The van der Waals surface area contributed by atoms with Crippen molar-refractivity contribution in [2.24, 2.45) is 0 Å². The fourth-order valence-electron chi connectivity index (χ4n) is 2.75. The number of halogens is 2. The molecule has 1 heterocycles. The Morgan fingerprint density at radius 3 is 2.39 bits per heavy atom. The van der Waals surface area contributed by atoms with Crippen molar-refractivity contribution in [1.29, 1.82) is 0 Å². The van der Waals surface area contributed by atoms with E-state index in [1.165, 1.54) is 18.5 Å². The van der Waals surface area contributed by atoms with E-state index in [4.69, 9.17) is 23.2 Å². The van der Waals surface area contributed by atoms with Gasteiger partial charge in [-0.1, -0.05) is 35.3 Å². The molecule has 1 aliphatic heterocycles. The number of nitrogens with zero attached hydrogens (tertiary/aromatic N) is 1. The SMILES string of the molecule is O=C(NCc1ccc(N2CCCC2)cc1)c1ccc(Cl)cc1Cl. The molecule has 2 aromatic carbocycles. The minimum absolute atomic E-state index is 0.199. The van der Waals surface area contributed by atoms with Crippen LogP contribution in [0.3, 0.4) is 0 Å². The third kappa shape index (κ3) is 3.98. The Labute approximate surface area is 146 Å². The maximum absolute atomic E-state index is 12.2. The Morgan fingerprint density at radius 2 is 1.74 bits per heavy atom. The lowest BCUT2D eigenvalue weighted by Crippen LogP contribution is -2.23. The second-order valence-corrected chi connectivity index (χ2v) is 6.51. The molecule has 0 spiro atoms. The molecule has 1 amide bonds. The molecule has 120 valence electrons. The molecule has 0 aromatic heterocycles. The minimum Gasteiger partial charge on any atom is -0.372 e. The van der Waals surface area contributed by atoms with Gasteiger partial charge in [-0.15, -0.1) is 0 Å². The number of amides is 1. The van der Waals surface area contributed by atoms with Crippen LogP contribution in [-0.2, 0) is 6.54 Å². The summed E-state index contributed by atoms with van der Waals surface area (Å²) >= 11 is 11.9. The first-order valence-electron chi connectivity index (χ1n) is 7.70. The first-order valence-corrected chi connectivity index (χ1v) is 8.46. The van der Waals surface area contributed by atoms with Crippen molar-refractivity contribution < 1.29 is 4.79 Å². The monoisotopic (exact) mass is 348 g/mol. The molecule has 0 radical (unpaired) electrons. The number of hydrogen-bond donors (Lipinski definition) is 1. The van der Waals surface area contributed by atoms with Gasteiger partial charge in [0.25, 0.3) is 5.91 Å². The van der Waals surface area contributed by atoms with Gasteiger partial charge in [0.15, 0.2) is 0 Å². The molecule has 2 aromatic rings. The largest absolute Gasteiger partial charge is 0.372 e. The molecule has 5 heteroatoms. The highest BCUT2D eigenvalue weighted by molar-refractivity contribution is 6.36. The van der Waals surface area contributed by atoms with Crippen LogP contribution in [0, 0.1) is 0 Å². The standard InChI is InChI=1S/C18H18Cl2N2O/c19-14-5-8-16(17(20)11-14)18(23)21-12-13-3-6-15(7-4-13)22-9-1-2-10-22/h3-8,11H,1-2,9-10,12H2,(H,21,23). The number of carbonyl (C=O) groups is 1. The molecule has 1 N–H and O–H groups in total. The predicted molar refractivity (Wildman–Crippen MR) is 95.5 cm³/mol. The summed E-state index contributed by atoms with van der Waals surface area (Å²) in [5.41, 5.74) is 2.74. The first-order chi connectivity index (χ1) is 11.1. The Hall–Kier alpha value is -1.71. The van der Waals surface area contributed by atoms with E-state index >= 15 is 0 Å². The molecule has 23 heavy (non-hydrogen) atoms. The normalized spacial score (nSPS) is 14.1. The Kier molecular flexibility index (Phi) is 5.09. The van der Waals surface area contributed by atoms with E-state index in [9.17, 15) is 4.79 Å². The van der Waals surface area contributed by atoms with E-state index in [0.29, 0.717) is 22.2 Å². The fourth-order valence-corrected chi connectivity index (χ4v) is 3.25. The van der Waals surface area contributed by atoms with Crippen LogP contribution in [0.5, 0.6) is 0 Å². The summed E-state index contributed by atoms with van der Waals surface area (Å²) in [6.45, 7) is 2.73. The van der Waals surface area contributed by atoms with Gasteiger partial charge < -0.3 is 10.2 Å². The van der Waals surface area contributed by atoms with Gasteiger partial charge in [-0.05, 0) is 48.7 Å². The topological polar surface area (TPSA) is 32.3 Å². The lowest BCUT2D eigenvalue weighted by molar-refractivity contribution is 0.0951. The molecule has 0 bridgehead atoms. The van der Waals surface area contributed by atoms with E-state index < -0.39 is 0 Å². The number of nitrogens with one attached hydrogen (secondary N) is 1. The zero-order valence-electron chi connectivity index (χ0n) is 12.7. The number of anilines is 1. The Balaban J connectivity index is 1.60. The van der Waals surface area contributed by atoms with Gasteiger partial charge in [-0.3, -0.25) is 4.79 Å². The van der Waals surface area contributed by atoms with Crippen molar-refractivity contribution in [2.75, 3.05) is 18.0 Å². The summed E-state index contributed by atoms with van der Waals surface area (Å²) < 4.78 is 0. The molecule has 0 atom stereocenters. The van der Waals surface area contributed by atoms with Gasteiger partial charge in [-0.2, -0.15) is 0 Å². The first kappa shape index (κ1) is 16.2. The maximum atomic E-state index is 12.2. The van der Waals surface area contributed by atoms with Gasteiger partial charge in [-0.25, -0.2) is 0 Å². The van der Waals surface area contributed by atoms with E-state index in [-0.39, 0.29) is 5.91 Å². The average molecular weight is 349 g/mol. The Bertz CT molecular complexity index is 695. The molecule has 1 saturated heterocycles. The van der Waals surface area contributed by atoms with E-state index in [1.54, 1.807) is 18.2 Å². The van der Waals surface area contributed by atoms with Crippen molar-refractivity contribution >= 4 is 34.8 Å². The van der Waals surface area contributed by atoms with Crippen LogP contribution >= 0.6 is 23.2 Å². The third-order valence-electron chi connectivity index (χ3n) is 4.04. The molecule has 0 aliphatic carbocycles. The highest BCUT2D eigenvalue weighted by Gasteiger charge is 2.13. The zero-order valence-corrected chi connectivity index (χ0v) is 14.2. The van der Waals surface area contributed by atoms with Gasteiger partial charge >= 0.3 is 0 Å². The van der Waals surface area contributed by atoms with Crippen LogP contribution in [0.15, 0.2) is 42.5 Å². The summed E-state index contributed by atoms with van der Waals surface area (Å²) in [5.74, 6) is -0.199. The molecular weight excluding hydrogens is 331 g/mol. The molecule has 0 unspecified atom stereocenters. The smallest absolute Gasteiger partial charge is 0.253 e. The quantitative estimate of drug-likeness (QED) is 0.880. The molecule has 0 saturated carbocycles. The van der Waals surface area contributed by atoms with Crippen molar-refractivity contribution in [2.45, 2.75) is 19.4 Å². The van der Waals surface area contributed by atoms with Gasteiger partial charge in [0.1, 0.15) is 0 Å². The number of carbonyl (C=O) groups excluding carboxylic acids is 1. The second kappa shape index (κ2) is 7.24. The second-order valence-electron chi connectivity index (χ2n) is 5.67. The van der Waals surface area contributed by atoms with Gasteiger partial charge in [0.2, 0.25) is 0 Å². The summed E-state index contributed by atoms with van der Waals surface area (Å²) in [6.07, 6.45) is 2.53. The molecule has 3 rings (SSSR count). The lowest BCUT2D eigenvalue weighted by Gasteiger charge is -2.17. The van der Waals surface area contributed by atoms with Crippen molar-refractivity contribution in [3.05, 3.63) is 63.6 Å². The maximum Gasteiger partial charge on any atom is 0.253 e. The van der Waals surface area contributed by atoms with Crippen LogP contribution < -0.4 is 10.2 Å². The predicted octanol–water partition coefficient (Wildman–Crippen LogP) is 4.52. The molecular formula is C18H18Cl2N2O. The highest BCUT2D eigenvalue weighted by Crippen LogP contribution is 2.22. The number of hydrogen-bond acceptors (Lipinski definition) is 2. The van der Waals surface area contributed by atoms with E-state index in [1.807, 2.05) is 0 Å². The summed E-state index contributed by atoms with van der Waals surface area (Å²) in [4.78, 5) is 14.6. The van der Waals surface area contributed by atoms with Crippen LogP contribution in [0.25, 0.3) is 0 Å². The van der Waals surface area contributed by atoms with Gasteiger partial charge in [0.05, 0.1) is 10.6 Å². The average Bonchev–Trinajstić information content (AvgIpc) is 3.07. The fraction of sp³-hybridized carbons (Fsp3) is 0.278. The van der Waals surface area contributed by atoms with Crippen molar-refractivity contribution in [3.8, 4) is 0 Å². The molecule has 3 nitrogen and oxygen atoms in total. The van der Waals surface area contributed by atoms with Crippen LogP contribution in [-0.4, -0.2) is 19.0 Å². The number of rotatable bonds is 4.